The Balaban J connectivity index is 1.15. The maximum atomic E-state index is 2.46. The molecule has 1 aliphatic rings. The molecule has 0 aromatic heterocycles. The van der Waals surface area contributed by atoms with Gasteiger partial charge in [0.15, 0.2) is 0 Å². The first-order valence-corrected chi connectivity index (χ1v) is 20.1. The number of para-hydroxylation sites is 2. The first-order chi connectivity index (χ1) is 27.0. The minimum absolute atomic E-state index is 0.446. The highest BCUT2D eigenvalue weighted by Gasteiger charge is 2.26. The molecule has 0 saturated carbocycles. The molecule has 0 bridgehead atoms. The van der Waals surface area contributed by atoms with Crippen molar-refractivity contribution in [3.63, 3.8) is 0 Å². The molecule has 8 aromatic carbocycles. The molecular formula is C54H50N2. The summed E-state index contributed by atoms with van der Waals surface area (Å²) < 4.78 is 0. The summed E-state index contributed by atoms with van der Waals surface area (Å²) in [6.07, 6.45) is 0. The Morgan fingerprint density at radius 3 is 1.05 bits per heavy atom. The minimum atomic E-state index is 0.446. The van der Waals surface area contributed by atoms with E-state index in [1.165, 1.54) is 111 Å². The summed E-state index contributed by atoms with van der Waals surface area (Å²) in [4.78, 5) is 4.91. The number of hydrogen-bond acceptors (Lipinski definition) is 2. The van der Waals surface area contributed by atoms with E-state index in [1.54, 1.807) is 0 Å². The van der Waals surface area contributed by atoms with Crippen molar-refractivity contribution in [3.05, 3.63) is 179 Å². The van der Waals surface area contributed by atoms with Crippen LogP contribution in [0.3, 0.4) is 0 Å². The largest absolute Gasteiger partial charge is 0.310 e. The van der Waals surface area contributed by atoms with Gasteiger partial charge in [0.05, 0.1) is 0 Å². The molecule has 0 spiro atoms. The van der Waals surface area contributed by atoms with E-state index < -0.39 is 0 Å². The Labute approximate surface area is 332 Å². The number of rotatable bonds is 8. The molecule has 0 amide bonds. The second kappa shape index (κ2) is 13.9. The van der Waals surface area contributed by atoms with Crippen molar-refractivity contribution < 1.29 is 0 Å². The predicted octanol–water partition coefficient (Wildman–Crippen LogP) is 16.1. The Hall–Kier alpha value is -6.12. The SMILES string of the molecule is Cc1ccccc1N(c1ccc2cc3c(cc2c1)-c1cc2cc(N(c4ccccc4C)c4cc(C(C)C)ccc4C)ccc2cc1-3)c1cc(C(C)C)ccc1C. The van der Waals surface area contributed by atoms with Crippen molar-refractivity contribution in [2.45, 2.75) is 67.2 Å². The molecule has 2 heteroatoms. The van der Waals surface area contributed by atoms with Gasteiger partial charge in [-0.25, -0.2) is 0 Å². The van der Waals surface area contributed by atoms with Crippen LogP contribution in [-0.4, -0.2) is 0 Å². The third-order valence-electron chi connectivity index (χ3n) is 12.0. The van der Waals surface area contributed by atoms with Crippen molar-refractivity contribution in [3.8, 4) is 22.3 Å². The summed E-state index contributed by atoms with van der Waals surface area (Å²) in [5.74, 6) is 0.892. The summed E-state index contributed by atoms with van der Waals surface area (Å²) in [5, 5.41) is 5.03. The van der Waals surface area contributed by atoms with E-state index in [4.69, 9.17) is 0 Å². The van der Waals surface area contributed by atoms with Crippen LogP contribution in [0.1, 0.15) is 72.9 Å². The second-order valence-electron chi connectivity index (χ2n) is 16.5. The first kappa shape index (κ1) is 35.6. The molecule has 0 N–H and O–H groups in total. The maximum absolute atomic E-state index is 2.46. The van der Waals surface area contributed by atoms with E-state index in [1.807, 2.05) is 0 Å². The zero-order valence-corrected chi connectivity index (χ0v) is 33.9. The third kappa shape index (κ3) is 6.05. The van der Waals surface area contributed by atoms with Gasteiger partial charge in [-0.05, 0) is 190 Å². The molecule has 0 fully saturated rings. The number of anilines is 6. The molecule has 0 unspecified atom stereocenters. The van der Waals surface area contributed by atoms with Crippen molar-refractivity contribution in [2.75, 3.05) is 9.80 Å². The molecule has 8 aromatic rings. The minimum Gasteiger partial charge on any atom is -0.310 e. The standard InChI is InChI=1S/C54H50N2/c1-33(2)39-19-17-37(7)53(31-39)55(51-15-11-9-13-35(51)5)45-23-21-41-27-47-48-28-42-22-24-46(26-44(42)30-50(48)49(47)29-43(41)25-45)56(52-16-12-10-14-36(52)6)54-32-40(34(3)4)20-18-38(54)8/h9-34H,1-8H3. The van der Waals surface area contributed by atoms with E-state index in [9.17, 15) is 0 Å². The second-order valence-corrected chi connectivity index (χ2v) is 16.5. The van der Waals surface area contributed by atoms with Gasteiger partial charge in [0, 0.05) is 34.1 Å². The number of nitrogens with zero attached hydrogens (tertiary/aromatic N) is 2. The van der Waals surface area contributed by atoms with Crippen molar-refractivity contribution in [1.29, 1.82) is 0 Å². The fourth-order valence-electron chi connectivity index (χ4n) is 8.57. The predicted molar refractivity (Wildman–Crippen MR) is 242 cm³/mol. The van der Waals surface area contributed by atoms with E-state index in [-0.39, 0.29) is 0 Å². The van der Waals surface area contributed by atoms with Gasteiger partial charge in [-0.15, -0.1) is 0 Å². The summed E-state index contributed by atoms with van der Waals surface area (Å²) >= 11 is 0. The van der Waals surface area contributed by atoms with E-state index in [2.05, 4.69) is 211 Å². The van der Waals surface area contributed by atoms with E-state index in [0.29, 0.717) is 11.8 Å². The molecule has 0 atom stereocenters. The van der Waals surface area contributed by atoms with Gasteiger partial charge in [-0.3, -0.25) is 0 Å². The van der Waals surface area contributed by atoms with Crippen LogP contribution in [0.5, 0.6) is 0 Å². The van der Waals surface area contributed by atoms with Crippen LogP contribution in [0, 0.1) is 27.7 Å². The molecule has 0 aliphatic heterocycles. The average Bonchev–Trinajstić information content (AvgIpc) is 3.19. The topological polar surface area (TPSA) is 6.48 Å². The molecule has 0 heterocycles. The van der Waals surface area contributed by atoms with E-state index >= 15 is 0 Å². The highest BCUT2D eigenvalue weighted by molar-refractivity contribution is 6.12. The van der Waals surface area contributed by atoms with Crippen LogP contribution in [-0.2, 0) is 0 Å². The zero-order chi connectivity index (χ0) is 38.8. The molecule has 0 saturated heterocycles. The van der Waals surface area contributed by atoms with Gasteiger partial charge in [0.25, 0.3) is 0 Å². The molecule has 276 valence electrons. The molecule has 2 nitrogen and oxygen atoms in total. The van der Waals surface area contributed by atoms with Gasteiger partial charge in [0.2, 0.25) is 0 Å². The van der Waals surface area contributed by atoms with Crippen LogP contribution >= 0.6 is 0 Å². The third-order valence-corrected chi connectivity index (χ3v) is 12.0. The molecular weight excluding hydrogens is 677 g/mol. The Morgan fingerprint density at radius 2 is 0.679 bits per heavy atom. The summed E-state index contributed by atoms with van der Waals surface area (Å²) in [6, 6.07) is 54.9. The maximum Gasteiger partial charge on any atom is 0.0493 e. The zero-order valence-electron chi connectivity index (χ0n) is 33.9. The van der Waals surface area contributed by atoms with Crippen molar-refractivity contribution in [1.82, 2.24) is 0 Å². The van der Waals surface area contributed by atoms with Crippen molar-refractivity contribution in [2.24, 2.45) is 0 Å². The number of benzene rings is 8. The Kier molecular flexibility index (Phi) is 8.81. The lowest BCUT2D eigenvalue weighted by molar-refractivity contribution is 0.865. The Morgan fingerprint density at radius 1 is 0.321 bits per heavy atom. The van der Waals surface area contributed by atoms with Crippen LogP contribution in [0.25, 0.3) is 43.8 Å². The molecule has 1 aliphatic carbocycles. The lowest BCUT2D eigenvalue weighted by atomic mass is 9.78. The first-order valence-electron chi connectivity index (χ1n) is 20.1. The molecule has 9 rings (SSSR count). The van der Waals surface area contributed by atoms with Crippen molar-refractivity contribution >= 4 is 55.7 Å². The highest BCUT2D eigenvalue weighted by atomic mass is 15.2. The average molecular weight is 727 g/mol. The summed E-state index contributed by atoms with van der Waals surface area (Å²) in [5.41, 5.74) is 20.3. The fourth-order valence-corrected chi connectivity index (χ4v) is 8.57. The number of fused-ring (bicyclic) bond motifs is 6. The van der Waals surface area contributed by atoms with Gasteiger partial charge in [0.1, 0.15) is 0 Å². The van der Waals surface area contributed by atoms with E-state index in [0.717, 1.165) is 0 Å². The van der Waals surface area contributed by atoms with Crippen LogP contribution in [0.4, 0.5) is 34.1 Å². The van der Waals surface area contributed by atoms with Gasteiger partial charge in [-0.2, -0.15) is 0 Å². The summed E-state index contributed by atoms with van der Waals surface area (Å²) in [7, 11) is 0. The van der Waals surface area contributed by atoms with Gasteiger partial charge < -0.3 is 9.80 Å². The normalized spacial score (nSPS) is 11.9. The monoisotopic (exact) mass is 726 g/mol. The lowest BCUT2D eigenvalue weighted by Gasteiger charge is -2.31. The lowest BCUT2D eigenvalue weighted by Crippen LogP contribution is -2.13. The fraction of sp³-hybridized carbons (Fsp3) is 0.185. The molecule has 0 radical (unpaired) electrons. The number of aryl methyl sites for hydroxylation is 4. The Bertz CT molecular complexity index is 2630. The smallest absolute Gasteiger partial charge is 0.0493 e. The number of hydrogen-bond donors (Lipinski definition) is 0. The highest BCUT2D eigenvalue weighted by Crippen LogP contribution is 2.52. The van der Waals surface area contributed by atoms with Gasteiger partial charge >= 0.3 is 0 Å². The van der Waals surface area contributed by atoms with Gasteiger partial charge in [-0.1, -0.05) is 100 Å². The van der Waals surface area contributed by atoms with Crippen LogP contribution < -0.4 is 9.80 Å². The van der Waals surface area contributed by atoms with Crippen LogP contribution in [0.2, 0.25) is 0 Å². The summed E-state index contributed by atoms with van der Waals surface area (Å²) in [6.45, 7) is 18.0. The quantitative estimate of drug-likeness (QED) is 0.154. The van der Waals surface area contributed by atoms with Crippen LogP contribution in [0.15, 0.2) is 146 Å². The molecule has 56 heavy (non-hydrogen) atoms.